The Hall–Kier alpha value is -2.30. The Bertz CT molecular complexity index is 662. The summed E-state index contributed by atoms with van der Waals surface area (Å²) < 4.78 is 1.98. The Balaban J connectivity index is 1.63. The molecule has 3 rings (SSSR count). The first-order chi connectivity index (χ1) is 11.8. The molecule has 1 N–H and O–H groups in total. The van der Waals surface area contributed by atoms with Crippen molar-refractivity contribution in [3.63, 3.8) is 0 Å². The minimum absolute atomic E-state index is 0.454. The molecule has 1 aromatic heterocycles. The molecule has 5 nitrogen and oxygen atoms in total. The van der Waals surface area contributed by atoms with Crippen LogP contribution in [0.2, 0.25) is 0 Å². The van der Waals surface area contributed by atoms with E-state index in [0.29, 0.717) is 5.92 Å². The topological polar surface area (TPSA) is 45.5 Å². The molecule has 1 unspecified atom stereocenters. The number of hydrogen-bond acceptors (Lipinski definition) is 2. The second kappa shape index (κ2) is 7.99. The van der Waals surface area contributed by atoms with E-state index in [-0.39, 0.29) is 0 Å². The third-order valence-corrected chi connectivity index (χ3v) is 4.38. The fraction of sp³-hybridized carbons (Fsp3) is 0.474. The summed E-state index contributed by atoms with van der Waals surface area (Å²) in [6.45, 7) is 8.91. The number of benzene rings is 1. The van der Waals surface area contributed by atoms with E-state index in [1.54, 1.807) is 0 Å². The predicted molar refractivity (Wildman–Crippen MR) is 97.9 cm³/mol. The highest BCUT2D eigenvalue weighted by atomic mass is 15.3. The minimum Gasteiger partial charge on any atom is -0.357 e. The molecule has 1 aromatic carbocycles. The molecule has 0 saturated carbocycles. The van der Waals surface area contributed by atoms with Crippen LogP contribution in [0.4, 0.5) is 0 Å². The van der Waals surface area contributed by atoms with E-state index >= 15 is 0 Å². The van der Waals surface area contributed by atoms with Crippen molar-refractivity contribution in [3.8, 4) is 0 Å². The van der Waals surface area contributed by atoms with Crippen molar-refractivity contribution < 1.29 is 0 Å². The third-order valence-electron chi connectivity index (χ3n) is 4.38. The first-order valence-corrected chi connectivity index (χ1v) is 8.83. The van der Waals surface area contributed by atoms with Crippen LogP contribution in [0.5, 0.6) is 0 Å². The molecule has 0 saturated heterocycles. The number of aromatic nitrogens is 2. The number of aliphatic imine (C=N–C) groups is 1. The molecular formula is C19H27N5. The Kier molecular flexibility index (Phi) is 5.51. The molecular weight excluding hydrogens is 298 g/mol. The molecule has 128 valence electrons. The van der Waals surface area contributed by atoms with Crippen molar-refractivity contribution >= 4 is 5.96 Å². The van der Waals surface area contributed by atoms with Gasteiger partial charge >= 0.3 is 0 Å². The minimum atomic E-state index is 0.454. The summed E-state index contributed by atoms with van der Waals surface area (Å²) in [5.41, 5.74) is 2.88. The lowest BCUT2D eigenvalue weighted by Gasteiger charge is -2.32. The second-order valence-corrected chi connectivity index (χ2v) is 6.47. The maximum absolute atomic E-state index is 4.88. The average Bonchev–Trinajstić information content (AvgIpc) is 3.11. The lowest BCUT2D eigenvalue weighted by Crippen LogP contribution is -2.44. The number of rotatable bonds is 5. The summed E-state index contributed by atoms with van der Waals surface area (Å²) in [6, 6.07) is 10.7. The van der Waals surface area contributed by atoms with Crippen LogP contribution in [0.3, 0.4) is 0 Å². The van der Waals surface area contributed by atoms with E-state index in [9.17, 15) is 0 Å². The van der Waals surface area contributed by atoms with Gasteiger partial charge in [0.15, 0.2) is 5.96 Å². The third kappa shape index (κ3) is 4.16. The van der Waals surface area contributed by atoms with Gasteiger partial charge in [-0.2, -0.15) is 5.10 Å². The van der Waals surface area contributed by atoms with Gasteiger partial charge in [-0.1, -0.05) is 31.2 Å². The van der Waals surface area contributed by atoms with Crippen molar-refractivity contribution in [2.45, 2.75) is 33.4 Å². The highest BCUT2D eigenvalue weighted by Crippen LogP contribution is 2.18. The van der Waals surface area contributed by atoms with Crippen LogP contribution in [0.1, 0.15) is 25.0 Å². The number of guanidine groups is 1. The normalized spacial score (nSPS) is 15.9. The summed E-state index contributed by atoms with van der Waals surface area (Å²) >= 11 is 0. The van der Waals surface area contributed by atoms with Crippen LogP contribution in [0.15, 0.2) is 47.7 Å². The highest BCUT2D eigenvalue weighted by molar-refractivity contribution is 5.80. The molecule has 2 heterocycles. The molecule has 24 heavy (non-hydrogen) atoms. The van der Waals surface area contributed by atoms with Crippen molar-refractivity contribution in [2.24, 2.45) is 10.9 Å². The first-order valence-electron chi connectivity index (χ1n) is 8.83. The highest BCUT2D eigenvalue weighted by Gasteiger charge is 2.18. The molecule has 0 spiro atoms. The molecule has 0 amide bonds. The number of fused-ring (bicyclic) bond motifs is 1. The van der Waals surface area contributed by atoms with Gasteiger partial charge in [-0.3, -0.25) is 9.67 Å². The maximum Gasteiger partial charge on any atom is 0.194 e. The van der Waals surface area contributed by atoms with Crippen molar-refractivity contribution in [1.82, 2.24) is 20.0 Å². The molecule has 0 fully saturated rings. The molecule has 2 aromatic rings. The molecule has 0 bridgehead atoms. The number of nitrogens with one attached hydrogen (secondary N) is 1. The van der Waals surface area contributed by atoms with Gasteiger partial charge in [-0.05, 0) is 36.5 Å². The predicted octanol–water partition coefficient (Wildman–Crippen LogP) is 2.54. The summed E-state index contributed by atoms with van der Waals surface area (Å²) in [5.74, 6) is 1.48. The summed E-state index contributed by atoms with van der Waals surface area (Å²) in [5, 5.41) is 7.73. The first kappa shape index (κ1) is 16.6. The fourth-order valence-electron chi connectivity index (χ4n) is 3.13. The van der Waals surface area contributed by atoms with Gasteiger partial charge in [0.1, 0.15) is 0 Å². The summed E-state index contributed by atoms with van der Waals surface area (Å²) in [6.07, 6.45) is 4.92. The Morgan fingerprint density at radius 1 is 1.29 bits per heavy atom. The van der Waals surface area contributed by atoms with Crippen LogP contribution < -0.4 is 5.32 Å². The summed E-state index contributed by atoms with van der Waals surface area (Å²) in [7, 11) is 0. The largest absolute Gasteiger partial charge is 0.357 e. The second-order valence-electron chi connectivity index (χ2n) is 6.47. The monoisotopic (exact) mass is 325 g/mol. The zero-order valence-corrected chi connectivity index (χ0v) is 14.7. The van der Waals surface area contributed by atoms with E-state index in [0.717, 1.165) is 45.1 Å². The van der Waals surface area contributed by atoms with Crippen molar-refractivity contribution in [2.75, 3.05) is 19.6 Å². The molecule has 0 radical (unpaired) electrons. The molecule has 1 aliphatic rings. The lowest BCUT2D eigenvalue weighted by molar-refractivity contribution is 0.375. The van der Waals surface area contributed by atoms with Crippen LogP contribution in [0.25, 0.3) is 0 Å². The Morgan fingerprint density at radius 2 is 2.12 bits per heavy atom. The Morgan fingerprint density at radius 3 is 2.88 bits per heavy atom. The van der Waals surface area contributed by atoms with E-state index in [4.69, 9.17) is 4.99 Å². The molecule has 1 atom stereocenters. The van der Waals surface area contributed by atoms with Gasteiger partial charge < -0.3 is 10.2 Å². The van der Waals surface area contributed by atoms with Crippen molar-refractivity contribution in [3.05, 3.63) is 53.9 Å². The van der Waals surface area contributed by atoms with Gasteiger partial charge in [0.25, 0.3) is 0 Å². The van der Waals surface area contributed by atoms with E-state index in [1.807, 2.05) is 23.1 Å². The molecule has 5 heteroatoms. The quantitative estimate of drug-likeness (QED) is 0.679. The number of hydrogen-bond donors (Lipinski definition) is 1. The van der Waals surface area contributed by atoms with Crippen LogP contribution in [-0.4, -0.2) is 40.3 Å². The standard InChI is InChI=1S/C19H27N5/c1-3-20-19(21-13-16(2)14-24-11-6-10-22-24)23-12-9-17-7-4-5-8-18(17)15-23/h4-8,10-11,16H,3,9,12-15H2,1-2H3,(H,20,21). The average molecular weight is 325 g/mol. The van der Waals surface area contributed by atoms with Gasteiger partial charge in [-0.15, -0.1) is 0 Å². The smallest absolute Gasteiger partial charge is 0.194 e. The van der Waals surface area contributed by atoms with Gasteiger partial charge in [0.2, 0.25) is 0 Å². The van der Waals surface area contributed by atoms with Gasteiger partial charge in [-0.25, -0.2) is 0 Å². The van der Waals surface area contributed by atoms with Crippen LogP contribution in [0, 0.1) is 5.92 Å². The van der Waals surface area contributed by atoms with Crippen LogP contribution >= 0.6 is 0 Å². The van der Waals surface area contributed by atoms with E-state index < -0.39 is 0 Å². The van der Waals surface area contributed by atoms with E-state index in [1.165, 1.54) is 11.1 Å². The van der Waals surface area contributed by atoms with E-state index in [2.05, 4.69) is 53.4 Å². The van der Waals surface area contributed by atoms with Gasteiger partial charge in [0, 0.05) is 45.1 Å². The molecule has 0 aliphatic carbocycles. The van der Waals surface area contributed by atoms with Crippen LogP contribution in [-0.2, 0) is 19.5 Å². The SMILES string of the molecule is CCNC(=NCC(C)Cn1cccn1)N1CCc2ccccc2C1. The summed E-state index contributed by atoms with van der Waals surface area (Å²) in [4.78, 5) is 7.25. The maximum atomic E-state index is 4.88. The zero-order chi connectivity index (χ0) is 16.8. The molecule has 1 aliphatic heterocycles. The zero-order valence-electron chi connectivity index (χ0n) is 14.7. The van der Waals surface area contributed by atoms with Gasteiger partial charge in [0.05, 0.1) is 0 Å². The Labute approximate surface area is 144 Å². The van der Waals surface area contributed by atoms with Crippen molar-refractivity contribution in [1.29, 1.82) is 0 Å². The lowest BCUT2D eigenvalue weighted by atomic mass is 10.0. The fourth-order valence-corrected chi connectivity index (χ4v) is 3.13. The number of nitrogens with zero attached hydrogens (tertiary/aromatic N) is 4.